The molecule has 0 spiro atoms. The summed E-state index contributed by atoms with van der Waals surface area (Å²) in [5.41, 5.74) is 1.06. The van der Waals surface area contributed by atoms with Crippen molar-refractivity contribution in [2.75, 3.05) is 6.54 Å². The minimum atomic E-state index is -0.731. The van der Waals surface area contributed by atoms with Gasteiger partial charge in [-0.2, -0.15) is 0 Å². The molecule has 0 N–H and O–H groups in total. The highest BCUT2D eigenvalue weighted by molar-refractivity contribution is 6.32. The molecule has 0 aliphatic heterocycles. The van der Waals surface area contributed by atoms with Crippen molar-refractivity contribution in [3.63, 3.8) is 0 Å². The van der Waals surface area contributed by atoms with Gasteiger partial charge in [-0.15, -0.1) is 0 Å². The third-order valence-electron chi connectivity index (χ3n) is 4.75. The Kier molecular flexibility index (Phi) is 7.51. The van der Waals surface area contributed by atoms with Gasteiger partial charge in [-0.1, -0.05) is 38.4 Å². The molecule has 1 saturated carbocycles. The lowest BCUT2D eigenvalue weighted by atomic mass is 9.96. The molecule has 1 aromatic carbocycles. The number of hydrogen-bond acceptors (Lipinski definition) is 3. The average molecular weight is 440 g/mol. The number of hydrogen-bond donors (Lipinski definition) is 0. The lowest BCUT2D eigenvalue weighted by Crippen LogP contribution is -2.37. The van der Waals surface area contributed by atoms with Crippen LogP contribution in [0.2, 0.25) is 10.1 Å². The lowest BCUT2D eigenvalue weighted by molar-refractivity contribution is 0.0224. The fourth-order valence-electron chi connectivity index (χ4n) is 2.97. The topological polar surface area (TPSA) is 38.8 Å². The van der Waals surface area contributed by atoms with E-state index in [1.165, 1.54) is 12.8 Å². The predicted octanol–water partition coefficient (Wildman–Crippen LogP) is 6.04. The van der Waals surface area contributed by atoms with Gasteiger partial charge in [0, 0.05) is 23.7 Å². The Balaban J connectivity index is 2.20. The fourth-order valence-corrected chi connectivity index (χ4v) is 4.26. The van der Waals surface area contributed by atoms with Crippen molar-refractivity contribution in [2.45, 2.75) is 91.0 Å². The number of amides is 1. The summed E-state index contributed by atoms with van der Waals surface area (Å²) >= 11 is 6.54. The zero-order valence-electron chi connectivity index (χ0n) is 19.4. The zero-order chi connectivity index (χ0) is 22.0. The van der Waals surface area contributed by atoms with Crippen molar-refractivity contribution in [3.8, 4) is 0 Å². The maximum Gasteiger partial charge on any atom is 0.410 e. The van der Waals surface area contributed by atoms with Crippen LogP contribution in [0.3, 0.4) is 0 Å². The Labute approximate surface area is 184 Å². The van der Waals surface area contributed by atoms with Gasteiger partial charge >= 0.3 is 6.09 Å². The van der Waals surface area contributed by atoms with E-state index >= 15 is 0 Å². The van der Waals surface area contributed by atoms with Crippen LogP contribution in [-0.2, 0) is 21.3 Å². The Hall–Kier alpha value is -1.04. The number of halogens is 1. The molecule has 164 valence electrons. The van der Waals surface area contributed by atoms with E-state index < -0.39 is 21.0 Å². The number of nitrogens with zero attached hydrogens (tertiary/aromatic N) is 1. The summed E-state index contributed by atoms with van der Waals surface area (Å²) < 4.78 is 12.0. The number of ether oxygens (including phenoxy) is 1. The van der Waals surface area contributed by atoms with Crippen LogP contribution in [0.1, 0.15) is 79.4 Å². The van der Waals surface area contributed by atoms with Crippen LogP contribution in [0.25, 0.3) is 0 Å². The quantitative estimate of drug-likeness (QED) is 0.486. The second-order valence-corrected chi connectivity index (χ2v) is 14.1. The molecule has 1 aliphatic carbocycles. The fraction of sp³-hybridized carbons (Fsp3) is 0.696. The molecule has 0 heterocycles. The molecule has 1 amide bonds. The second-order valence-electron chi connectivity index (χ2n) is 11.0. The van der Waals surface area contributed by atoms with E-state index in [0.717, 1.165) is 17.7 Å². The van der Waals surface area contributed by atoms with Gasteiger partial charge in [0.25, 0.3) is 0 Å². The summed E-state index contributed by atoms with van der Waals surface area (Å²) in [6, 6.07) is 6.00. The second kappa shape index (κ2) is 8.99. The van der Waals surface area contributed by atoms with E-state index in [-0.39, 0.29) is 11.1 Å². The van der Waals surface area contributed by atoms with E-state index in [0.29, 0.717) is 17.5 Å². The van der Waals surface area contributed by atoms with Gasteiger partial charge in [-0.3, -0.25) is 0 Å². The first kappa shape index (κ1) is 24.2. The van der Waals surface area contributed by atoms with E-state index in [1.807, 2.05) is 37.8 Å². The summed E-state index contributed by atoms with van der Waals surface area (Å²) in [6.07, 6.45) is 2.11. The normalized spacial score (nSPS) is 15.8. The van der Waals surface area contributed by atoms with Crippen LogP contribution < -0.4 is 0 Å². The highest BCUT2D eigenvalue weighted by atomic mass is 35.5. The van der Waals surface area contributed by atoms with Gasteiger partial charge in [0.05, 0.1) is 5.60 Å². The molecule has 2 rings (SSSR count). The van der Waals surface area contributed by atoms with Crippen LogP contribution in [0, 0.1) is 5.92 Å². The summed E-state index contributed by atoms with van der Waals surface area (Å²) in [6.45, 7) is 17.8. The van der Waals surface area contributed by atoms with E-state index in [4.69, 9.17) is 20.8 Å². The van der Waals surface area contributed by atoms with Crippen molar-refractivity contribution in [2.24, 2.45) is 5.92 Å². The third-order valence-corrected chi connectivity index (χ3v) is 6.81. The number of rotatable bonds is 7. The molecule has 0 atom stereocenters. The molecule has 1 aromatic rings. The standard InChI is InChI=1S/C23H38ClNO3Si/c1-21(2,3)27-20(26)25(14-16-9-10-16)15-17-11-12-19(24)18(13-17)23(7,8)28-29-22(4,5)6/h11-13,16H,9-10,14-15,29H2,1-8H3. The molecular formula is C23H38ClNO3Si. The smallest absolute Gasteiger partial charge is 0.410 e. The van der Waals surface area contributed by atoms with Crippen LogP contribution in [0.15, 0.2) is 18.2 Å². The van der Waals surface area contributed by atoms with Gasteiger partial charge in [0.2, 0.25) is 0 Å². The Morgan fingerprint density at radius 1 is 1.14 bits per heavy atom. The van der Waals surface area contributed by atoms with Gasteiger partial charge < -0.3 is 14.1 Å². The van der Waals surface area contributed by atoms with E-state index in [2.05, 4.69) is 40.7 Å². The van der Waals surface area contributed by atoms with Gasteiger partial charge in [-0.05, 0) is 76.1 Å². The third kappa shape index (κ3) is 8.31. The van der Waals surface area contributed by atoms with E-state index in [9.17, 15) is 4.79 Å². The van der Waals surface area contributed by atoms with Gasteiger partial charge in [0.1, 0.15) is 5.60 Å². The Morgan fingerprint density at radius 2 is 1.76 bits per heavy atom. The molecule has 0 saturated heterocycles. The first-order valence-electron chi connectivity index (χ1n) is 10.6. The summed E-state index contributed by atoms with van der Waals surface area (Å²) in [5, 5.41) is 0.909. The molecule has 0 radical (unpaired) electrons. The lowest BCUT2D eigenvalue weighted by Gasteiger charge is -2.32. The Bertz CT molecular complexity index is 718. The molecule has 4 nitrogen and oxygen atoms in total. The van der Waals surface area contributed by atoms with Gasteiger partial charge in [-0.25, -0.2) is 4.79 Å². The SMILES string of the molecule is CC(C)(C)OC(=O)N(Cc1ccc(Cl)c(C(C)(C)O[SiH2]C(C)(C)C)c1)CC1CC1. The minimum absolute atomic E-state index is 0.207. The number of carbonyl (C=O) groups is 1. The molecule has 29 heavy (non-hydrogen) atoms. The monoisotopic (exact) mass is 439 g/mol. The molecule has 1 aliphatic rings. The van der Waals surface area contributed by atoms with Crippen molar-refractivity contribution in [3.05, 3.63) is 34.3 Å². The minimum Gasteiger partial charge on any atom is -0.444 e. The maximum atomic E-state index is 12.7. The first-order valence-corrected chi connectivity index (χ1v) is 12.2. The average Bonchev–Trinajstić information content (AvgIpc) is 3.36. The number of carbonyl (C=O) groups excluding carboxylic acids is 1. The zero-order valence-corrected chi connectivity index (χ0v) is 21.6. The van der Waals surface area contributed by atoms with Crippen LogP contribution in [0.4, 0.5) is 4.79 Å². The molecule has 1 fully saturated rings. The maximum absolute atomic E-state index is 12.7. The van der Waals surface area contributed by atoms with Crippen molar-refractivity contribution >= 4 is 27.5 Å². The molecule has 6 heteroatoms. The van der Waals surface area contributed by atoms with Crippen LogP contribution in [-0.4, -0.2) is 32.9 Å². The first-order chi connectivity index (χ1) is 13.2. The van der Waals surface area contributed by atoms with Crippen LogP contribution in [0.5, 0.6) is 0 Å². The summed E-state index contributed by atoms with van der Waals surface area (Å²) in [5.74, 6) is 0.590. The summed E-state index contributed by atoms with van der Waals surface area (Å²) in [4.78, 5) is 14.6. The number of benzene rings is 1. The molecular weight excluding hydrogens is 402 g/mol. The Morgan fingerprint density at radius 3 is 2.28 bits per heavy atom. The molecule has 0 unspecified atom stereocenters. The van der Waals surface area contributed by atoms with Crippen LogP contribution >= 0.6 is 11.6 Å². The molecule has 0 bridgehead atoms. The van der Waals surface area contributed by atoms with Crippen molar-refractivity contribution in [1.82, 2.24) is 4.90 Å². The molecule has 0 aromatic heterocycles. The van der Waals surface area contributed by atoms with E-state index in [1.54, 1.807) is 0 Å². The highest BCUT2D eigenvalue weighted by Gasteiger charge is 2.31. The van der Waals surface area contributed by atoms with Crippen molar-refractivity contribution in [1.29, 1.82) is 0 Å². The van der Waals surface area contributed by atoms with Crippen molar-refractivity contribution < 1.29 is 14.0 Å². The van der Waals surface area contributed by atoms with Gasteiger partial charge in [0.15, 0.2) is 9.76 Å². The largest absolute Gasteiger partial charge is 0.444 e. The predicted molar refractivity (Wildman–Crippen MR) is 123 cm³/mol. The highest BCUT2D eigenvalue weighted by Crippen LogP contribution is 2.35. The summed E-state index contributed by atoms with van der Waals surface area (Å²) in [7, 11) is -0.731.